The maximum absolute atomic E-state index is 12.7. The Morgan fingerprint density at radius 1 is 1.39 bits per heavy atom. The summed E-state index contributed by atoms with van der Waals surface area (Å²) in [6, 6.07) is 3.45. The molecule has 0 bridgehead atoms. The third-order valence-corrected chi connectivity index (χ3v) is 6.34. The second kappa shape index (κ2) is 6.31. The predicted molar refractivity (Wildman–Crippen MR) is 83.9 cm³/mol. The molecule has 1 fully saturated rings. The van der Waals surface area contributed by atoms with Gasteiger partial charge in [-0.15, -0.1) is 0 Å². The molecule has 2 aliphatic rings. The Kier molecular flexibility index (Phi) is 4.39. The minimum atomic E-state index is -1.15. The van der Waals surface area contributed by atoms with E-state index in [4.69, 9.17) is 9.84 Å². The van der Waals surface area contributed by atoms with E-state index in [-0.39, 0.29) is 18.5 Å². The minimum absolute atomic E-state index is 0.252. The molecule has 1 saturated heterocycles. The molecule has 0 aliphatic carbocycles. The van der Waals surface area contributed by atoms with Gasteiger partial charge in [0.05, 0.1) is 16.4 Å². The van der Waals surface area contributed by atoms with Crippen molar-refractivity contribution >= 4 is 22.9 Å². The van der Waals surface area contributed by atoms with E-state index in [1.54, 1.807) is 12.1 Å². The Balaban J connectivity index is 1.68. The molecule has 1 aromatic carbocycles. The zero-order chi connectivity index (χ0) is 16.6. The van der Waals surface area contributed by atoms with Crippen LogP contribution in [-0.2, 0) is 22.1 Å². The third-order valence-electron chi connectivity index (χ3n) is 4.63. The second-order valence-corrected chi connectivity index (χ2v) is 7.48. The first kappa shape index (κ1) is 16.0. The van der Waals surface area contributed by atoms with E-state index in [1.165, 1.54) is 4.90 Å². The van der Waals surface area contributed by atoms with E-state index in [0.29, 0.717) is 24.4 Å². The van der Waals surface area contributed by atoms with Crippen molar-refractivity contribution in [3.63, 3.8) is 0 Å². The molecule has 3 rings (SSSR count). The summed E-state index contributed by atoms with van der Waals surface area (Å²) in [6.07, 6.45) is 0.594. The zero-order valence-corrected chi connectivity index (χ0v) is 13.7. The van der Waals surface area contributed by atoms with Crippen molar-refractivity contribution in [1.82, 2.24) is 4.90 Å². The number of carboxylic acid groups (broad SMARTS) is 1. The third kappa shape index (κ3) is 3.10. The van der Waals surface area contributed by atoms with E-state index >= 15 is 0 Å². The number of ether oxygens (including phenoxy) is 1. The number of nitrogens with zero attached hydrogens (tertiary/aromatic N) is 1. The van der Waals surface area contributed by atoms with Crippen LogP contribution in [0, 0.1) is 12.8 Å². The molecule has 2 aliphatic heterocycles. The minimum Gasteiger partial charge on any atom is -0.465 e. The number of amides is 1. The van der Waals surface area contributed by atoms with Gasteiger partial charge < -0.3 is 14.7 Å². The molecule has 124 valence electrons. The molecule has 1 atom stereocenters. The standard InChI is InChI=1S/C16H19NO5S/c1-10-13-8-22-15(18)12(13)2-3-14(10)23(21)9-11-4-6-17(7-5-11)16(19)20/h2-3,11H,4-9H2,1H3,(H,19,20). The Hall–Kier alpha value is -1.89. The number of fused-ring (bicyclic) bond motifs is 1. The Labute approximate surface area is 136 Å². The number of esters is 1. The molecule has 1 unspecified atom stereocenters. The van der Waals surface area contributed by atoms with Gasteiger partial charge in [0.25, 0.3) is 0 Å². The summed E-state index contributed by atoms with van der Waals surface area (Å²) in [6.45, 7) is 3.13. The lowest BCUT2D eigenvalue weighted by molar-refractivity contribution is 0.0534. The number of benzene rings is 1. The Bertz CT molecular complexity index is 679. The Morgan fingerprint density at radius 3 is 2.74 bits per heavy atom. The highest BCUT2D eigenvalue weighted by Crippen LogP contribution is 2.29. The fraction of sp³-hybridized carbons (Fsp3) is 0.500. The summed E-state index contributed by atoms with van der Waals surface area (Å²) < 4.78 is 17.7. The number of likely N-dealkylation sites (tertiary alicyclic amines) is 1. The van der Waals surface area contributed by atoms with E-state index in [9.17, 15) is 13.8 Å². The van der Waals surface area contributed by atoms with Crippen LogP contribution in [0.4, 0.5) is 4.79 Å². The summed E-state index contributed by atoms with van der Waals surface area (Å²) in [7, 11) is -1.15. The molecular formula is C16H19NO5S. The van der Waals surface area contributed by atoms with Crippen LogP contribution in [0.1, 0.15) is 34.3 Å². The van der Waals surface area contributed by atoms with Gasteiger partial charge in [0, 0.05) is 29.3 Å². The number of cyclic esters (lactones) is 1. The van der Waals surface area contributed by atoms with Crippen LogP contribution in [0.2, 0.25) is 0 Å². The molecule has 23 heavy (non-hydrogen) atoms. The van der Waals surface area contributed by atoms with Gasteiger partial charge in [0.15, 0.2) is 0 Å². The average Bonchev–Trinajstić information content (AvgIpc) is 2.90. The molecule has 0 spiro atoms. The van der Waals surface area contributed by atoms with Gasteiger partial charge in [-0.2, -0.15) is 0 Å². The number of hydrogen-bond donors (Lipinski definition) is 1. The molecule has 1 N–H and O–H groups in total. The molecule has 7 heteroatoms. The number of carbonyl (C=O) groups excluding carboxylic acids is 1. The highest BCUT2D eigenvalue weighted by Gasteiger charge is 2.27. The van der Waals surface area contributed by atoms with E-state index in [0.717, 1.165) is 28.9 Å². The van der Waals surface area contributed by atoms with Crippen molar-refractivity contribution in [2.45, 2.75) is 31.3 Å². The molecule has 0 saturated carbocycles. The maximum Gasteiger partial charge on any atom is 0.407 e. The quantitative estimate of drug-likeness (QED) is 0.855. The van der Waals surface area contributed by atoms with Gasteiger partial charge in [-0.25, -0.2) is 9.59 Å². The lowest BCUT2D eigenvalue weighted by Crippen LogP contribution is -2.38. The Morgan fingerprint density at radius 2 is 2.09 bits per heavy atom. The summed E-state index contributed by atoms with van der Waals surface area (Å²) >= 11 is 0. The highest BCUT2D eigenvalue weighted by molar-refractivity contribution is 7.85. The van der Waals surface area contributed by atoms with Gasteiger partial charge >= 0.3 is 12.1 Å². The first-order chi connectivity index (χ1) is 11.0. The molecule has 1 amide bonds. The summed E-state index contributed by atoms with van der Waals surface area (Å²) in [5.41, 5.74) is 2.27. The molecule has 0 radical (unpaired) electrons. The van der Waals surface area contributed by atoms with Crippen LogP contribution >= 0.6 is 0 Å². The lowest BCUT2D eigenvalue weighted by Gasteiger charge is -2.29. The zero-order valence-electron chi connectivity index (χ0n) is 12.9. The van der Waals surface area contributed by atoms with E-state index in [2.05, 4.69) is 0 Å². The lowest BCUT2D eigenvalue weighted by atomic mass is 9.99. The van der Waals surface area contributed by atoms with Crippen molar-refractivity contribution in [2.75, 3.05) is 18.8 Å². The second-order valence-electron chi connectivity index (χ2n) is 6.02. The number of rotatable bonds is 3. The monoisotopic (exact) mass is 337 g/mol. The molecule has 2 heterocycles. The van der Waals surface area contributed by atoms with Crippen LogP contribution in [0.3, 0.4) is 0 Å². The van der Waals surface area contributed by atoms with Crippen LogP contribution in [0.25, 0.3) is 0 Å². The fourth-order valence-corrected chi connectivity index (χ4v) is 4.80. The van der Waals surface area contributed by atoms with Gasteiger partial charge in [-0.3, -0.25) is 4.21 Å². The van der Waals surface area contributed by atoms with Crippen molar-refractivity contribution in [1.29, 1.82) is 0 Å². The summed E-state index contributed by atoms with van der Waals surface area (Å²) in [5.74, 6) is 0.473. The highest BCUT2D eigenvalue weighted by atomic mass is 32.2. The largest absolute Gasteiger partial charge is 0.465 e. The van der Waals surface area contributed by atoms with Crippen LogP contribution in [0.15, 0.2) is 17.0 Å². The van der Waals surface area contributed by atoms with Crippen molar-refractivity contribution in [3.05, 3.63) is 28.8 Å². The average molecular weight is 337 g/mol. The van der Waals surface area contributed by atoms with Crippen LogP contribution < -0.4 is 0 Å². The SMILES string of the molecule is Cc1c(S(=O)CC2CCN(C(=O)O)CC2)ccc2c1COC2=O. The molecule has 0 aromatic heterocycles. The normalized spacial score (nSPS) is 19.3. The van der Waals surface area contributed by atoms with Crippen molar-refractivity contribution in [2.24, 2.45) is 5.92 Å². The molecular weight excluding hydrogens is 318 g/mol. The fourth-order valence-electron chi connectivity index (χ4n) is 3.17. The van der Waals surface area contributed by atoms with Crippen LogP contribution in [0.5, 0.6) is 0 Å². The van der Waals surface area contributed by atoms with Crippen LogP contribution in [-0.4, -0.2) is 45.1 Å². The summed E-state index contributed by atoms with van der Waals surface area (Å²) in [5, 5.41) is 8.96. The number of hydrogen-bond acceptors (Lipinski definition) is 4. The molecule has 1 aromatic rings. The van der Waals surface area contributed by atoms with Crippen molar-refractivity contribution < 1.29 is 23.6 Å². The first-order valence-corrected chi connectivity index (χ1v) is 8.95. The maximum atomic E-state index is 12.7. The summed E-state index contributed by atoms with van der Waals surface area (Å²) in [4.78, 5) is 24.6. The van der Waals surface area contributed by atoms with Gasteiger partial charge in [0.1, 0.15) is 6.61 Å². The first-order valence-electron chi connectivity index (χ1n) is 7.63. The smallest absolute Gasteiger partial charge is 0.407 e. The van der Waals surface area contributed by atoms with Gasteiger partial charge in [-0.1, -0.05) is 0 Å². The topological polar surface area (TPSA) is 83.9 Å². The molecule has 6 nitrogen and oxygen atoms in total. The number of piperidine rings is 1. The number of carbonyl (C=O) groups is 2. The van der Waals surface area contributed by atoms with Gasteiger partial charge in [-0.05, 0) is 43.4 Å². The van der Waals surface area contributed by atoms with Gasteiger partial charge in [0.2, 0.25) is 0 Å². The predicted octanol–water partition coefficient (Wildman–Crippen LogP) is 2.16. The van der Waals surface area contributed by atoms with E-state index in [1.807, 2.05) is 6.92 Å². The van der Waals surface area contributed by atoms with E-state index < -0.39 is 16.9 Å². The van der Waals surface area contributed by atoms with Crippen molar-refractivity contribution in [3.8, 4) is 0 Å².